The van der Waals surface area contributed by atoms with Crippen LogP contribution in [0.2, 0.25) is 0 Å². The van der Waals surface area contributed by atoms with E-state index in [0.717, 1.165) is 31.5 Å². The predicted molar refractivity (Wildman–Crippen MR) is 118 cm³/mol. The van der Waals surface area contributed by atoms with Crippen LogP contribution in [0.5, 0.6) is 11.5 Å². The number of likely N-dealkylation sites (tertiary alicyclic amines) is 1. The van der Waals surface area contributed by atoms with Gasteiger partial charge in [0.15, 0.2) is 17.3 Å². The van der Waals surface area contributed by atoms with Crippen LogP contribution in [0.15, 0.2) is 42.5 Å². The zero-order valence-electron chi connectivity index (χ0n) is 18.0. The number of nitrogens with zero attached hydrogens (tertiary/aromatic N) is 2. The van der Waals surface area contributed by atoms with Gasteiger partial charge in [-0.1, -0.05) is 12.5 Å². The molecule has 0 radical (unpaired) electrons. The molecule has 1 N–H and O–H groups in total. The van der Waals surface area contributed by atoms with E-state index in [0.29, 0.717) is 23.6 Å². The number of piperidine rings is 1. The van der Waals surface area contributed by atoms with Crippen molar-refractivity contribution in [3.63, 3.8) is 0 Å². The third-order valence-electron chi connectivity index (χ3n) is 5.65. The highest BCUT2D eigenvalue weighted by molar-refractivity contribution is 5.97. The van der Waals surface area contributed by atoms with Crippen molar-refractivity contribution >= 4 is 11.5 Å². The van der Waals surface area contributed by atoms with E-state index in [4.69, 9.17) is 9.47 Å². The highest BCUT2D eigenvalue weighted by Crippen LogP contribution is 2.32. The molecule has 2 aromatic rings. The summed E-state index contributed by atoms with van der Waals surface area (Å²) in [4.78, 5) is 25.3. The molecule has 0 aromatic heterocycles. The van der Waals surface area contributed by atoms with Gasteiger partial charge in [0.05, 0.1) is 25.7 Å². The zero-order chi connectivity index (χ0) is 22.2. The summed E-state index contributed by atoms with van der Waals surface area (Å²) in [6.45, 7) is 2.79. The van der Waals surface area contributed by atoms with E-state index in [1.165, 1.54) is 30.7 Å². The van der Waals surface area contributed by atoms with Gasteiger partial charge in [0.1, 0.15) is 0 Å². The summed E-state index contributed by atoms with van der Waals surface area (Å²) in [5.74, 6) is 1.27. The largest absolute Gasteiger partial charge is 0.493 e. The number of methoxy groups -OCH3 is 2. The number of hydrogen-bond donors (Lipinski definition) is 1. The number of nitro groups is 1. The van der Waals surface area contributed by atoms with Crippen molar-refractivity contribution < 1.29 is 19.2 Å². The van der Waals surface area contributed by atoms with Crippen molar-refractivity contribution in [3.05, 3.63) is 63.7 Å². The van der Waals surface area contributed by atoms with Crippen molar-refractivity contribution in [1.29, 1.82) is 0 Å². The monoisotopic (exact) mass is 427 g/mol. The molecule has 0 bridgehead atoms. The fraction of sp³-hybridized carbons (Fsp3) is 0.435. The third-order valence-corrected chi connectivity index (χ3v) is 5.65. The predicted octanol–water partition coefficient (Wildman–Crippen LogP) is 3.61. The number of ether oxygens (including phenoxy) is 2. The number of non-ortho nitro benzene ring substituents is 1. The average Bonchev–Trinajstić information content (AvgIpc) is 2.82. The van der Waals surface area contributed by atoms with Crippen molar-refractivity contribution in [2.24, 2.45) is 0 Å². The van der Waals surface area contributed by atoms with Crippen LogP contribution in [0.3, 0.4) is 0 Å². The third kappa shape index (κ3) is 5.80. The second-order valence-corrected chi connectivity index (χ2v) is 7.58. The first-order chi connectivity index (χ1) is 15.0. The Morgan fingerprint density at radius 1 is 1.06 bits per heavy atom. The van der Waals surface area contributed by atoms with Crippen molar-refractivity contribution in [2.45, 2.75) is 25.3 Å². The van der Waals surface area contributed by atoms with E-state index in [1.54, 1.807) is 14.2 Å². The number of ketones is 1. The summed E-state index contributed by atoms with van der Waals surface area (Å²) >= 11 is 0. The Kier molecular flexibility index (Phi) is 7.97. The van der Waals surface area contributed by atoms with Gasteiger partial charge in [-0.2, -0.15) is 0 Å². The second-order valence-electron chi connectivity index (χ2n) is 7.58. The Labute approximate surface area is 182 Å². The van der Waals surface area contributed by atoms with Gasteiger partial charge in [-0.3, -0.25) is 19.8 Å². The fourth-order valence-corrected chi connectivity index (χ4v) is 3.94. The number of Topliss-reactive ketones (excluding diaryl/α,β-unsaturated/α-hetero) is 1. The summed E-state index contributed by atoms with van der Waals surface area (Å²) in [7, 11) is 3.24. The number of benzene rings is 2. The minimum Gasteiger partial charge on any atom is -0.493 e. The molecular weight excluding hydrogens is 398 g/mol. The van der Waals surface area contributed by atoms with E-state index in [-0.39, 0.29) is 24.1 Å². The molecule has 0 saturated carbocycles. The molecule has 2 aromatic carbocycles. The molecule has 1 saturated heterocycles. The molecule has 0 amide bonds. The lowest BCUT2D eigenvalue weighted by molar-refractivity contribution is -0.384. The van der Waals surface area contributed by atoms with Crippen LogP contribution < -0.4 is 14.8 Å². The maximum atomic E-state index is 12.5. The van der Waals surface area contributed by atoms with Crippen LogP contribution in [-0.2, 0) is 0 Å². The van der Waals surface area contributed by atoms with Gasteiger partial charge in [0.2, 0.25) is 0 Å². The highest BCUT2D eigenvalue weighted by atomic mass is 16.6. The Hall–Kier alpha value is -2.97. The highest BCUT2D eigenvalue weighted by Gasteiger charge is 2.23. The lowest BCUT2D eigenvalue weighted by Gasteiger charge is -2.35. The van der Waals surface area contributed by atoms with E-state index in [9.17, 15) is 14.9 Å². The lowest BCUT2D eigenvalue weighted by atomic mass is 10.0. The van der Waals surface area contributed by atoms with Crippen LogP contribution in [0.25, 0.3) is 0 Å². The molecule has 1 unspecified atom stereocenters. The molecule has 166 valence electrons. The molecule has 1 aliphatic rings. The summed E-state index contributed by atoms with van der Waals surface area (Å²) in [5, 5.41) is 14.1. The Bertz CT molecular complexity index is 895. The number of rotatable bonds is 10. The number of carbonyl (C=O) groups is 1. The number of hydrogen-bond acceptors (Lipinski definition) is 7. The van der Waals surface area contributed by atoms with Crippen LogP contribution in [0, 0.1) is 10.1 Å². The molecule has 1 heterocycles. The standard InChI is InChI=1S/C23H29N3O5/c1-30-22-11-8-18(14-23(22)31-2)20(25-12-4-3-5-13-25)15-24-16-21(27)17-6-9-19(10-7-17)26(28)29/h6-11,14,20,24H,3-5,12-13,15-16H2,1-2H3. The Balaban J connectivity index is 1.69. The van der Waals surface area contributed by atoms with Gasteiger partial charge in [0, 0.05) is 30.3 Å². The molecule has 1 aliphatic heterocycles. The number of nitrogens with one attached hydrogen (secondary N) is 1. The van der Waals surface area contributed by atoms with Crippen LogP contribution in [0.4, 0.5) is 5.69 Å². The summed E-state index contributed by atoms with van der Waals surface area (Å²) in [5.41, 5.74) is 1.54. The quantitative estimate of drug-likeness (QED) is 0.352. The van der Waals surface area contributed by atoms with Crippen LogP contribution in [0.1, 0.15) is 41.2 Å². The van der Waals surface area contributed by atoms with Crippen LogP contribution in [-0.4, -0.2) is 56.0 Å². The van der Waals surface area contributed by atoms with Crippen LogP contribution >= 0.6 is 0 Å². The average molecular weight is 428 g/mol. The first-order valence-corrected chi connectivity index (χ1v) is 10.5. The van der Waals surface area contributed by atoms with E-state index >= 15 is 0 Å². The molecule has 31 heavy (non-hydrogen) atoms. The normalized spacial score (nSPS) is 15.3. The molecule has 3 rings (SSSR count). The fourth-order valence-electron chi connectivity index (χ4n) is 3.94. The molecule has 8 nitrogen and oxygen atoms in total. The molecule has 8 heteroatoms. The number of carbonyl (C=O) groups excluding carboxylic acids is 1. The maximum absolute atomic E-state index is 12.5. The Morgan fingerprint density at radius 2 is 1.74 bits per heavy atom. The Morgan fingerprint density at radius 3 is 2.35 bits per heavy atom. The van der Waals surface area contributed by atoms with E-state index in [1.807, 2.05) is 18.2 Å². The SMILES string of the molecule is COc1ccc(C(CNCC(=O)c2ccc([N+](=O)[O-])cc2)N2CCCCC2)cc1OC. The minimum atomic E-state index is -0.473. The summed E-state index contributed by atoms with van der Waals surface area (Å²) in [6, 6.07) is 11.8. The summed E-state index contributed by atoms with van der Waals surface area (Å²) in [6.07, 6.45) is 3.55. The molecule has 1 atom stereocenters. The molecule has 1 fully saturated rings. The topological polar surface area (TPSA) is 93.9 Å². The second kappa shape index (κ2) is 10.9. The first kappa shape index (κ1) is 22.7. The zero-order valence-corrected chi connectivity index (χ0v) is 18.0. The molecular formula is C23H29N3O5. The van der Waals surface area contributed by atoms with Gasteiger partial charge in [0.25, 0.3) is 5.69 Å². The summed E-state index contributed by atoms with van der Waals surface area (Å²) < 4.78 is 10.8. The lowest BCUT2D eigenvalue weighted by Crippen LogP contribution is -2.40. The van der Waals surface area contributed by atoms with Gasteiger partial charge >= 0.3 is 0 Å². The smallest absolute Gasteiger partial charge is 0.269 e. The van der Waals surface area contributed by atoms with Crippen molar-refractivity contribution in [2.75, 3.05) is 40.4 Å². The van der Waals surface area contributed by atoms with E-state index < -0.39 is 4.92 Å². The van der Waals surface area contributed by atoms with Gasteiger partial charge in [-0.15, -0.1) is 0 Å². The maximum Gasteiger partial charge on any atom is 0.269 e. The van der Waals surface area contributed by atoms with Gasteiger partial charge in [-0.25, -0.2) is 0 Å². The van der Waals surface area contributed by atoms with E-state index in [2.05, 4.69) is 10.2 Å². The molecule has 0 spiro atoms. The first-order valence-electron chi connectivity index (χ1n) is 10.5. The van der Waals surface area contributed by atoms with Gasteiger partial charge < -0.3 is 14.8 Å². The minimum absolute atomic E-state index is 0.0249. The van der Waals surface area contributed by atoms with Crippen molar-refractivity contribution in [3.8, 4) is 11.5 Å². The molecule has 0 aliphatic carbocycles. The number of nitro benzene ring substituents is 1. The van der Waals surface area contributed by atoms with Crippen molar-refractivity contribution in [1.82, 2.24) is 10.2 Å². The van der Waals surface area contributed by atoms with Gasteiger partial charge in [-0.05, 0) is 55.8 Å².